The highest BCUT2D eigenvalue weighted by Gasteiger charge is 2.42. The molecule has 1 heterocycles. The van der Waals surface area contributed by atoms with Crippen LogP contribution in [0.2, 0.25) is 0 Å². The van der Waals surface area contributed by atoms with Gasteiger partial charge in [-0.25, -0.2) is 0 Å². The van der Waals surface area contributed by atoms with Crippen molar-refractivity contribution in [3.63, 3.8) is 0 Å². The molecule has 3 rings (SSSR count). The van der Waals surface area contributed by atoms with Gasteiger partial charge in [0.25, 0.3) is 0 Å². The minimum absolute atomic E-state index is 0.347. The molecule has 0 spiro atoms. The second-order valence-electron chi connectivity index (χ2n) is 6.31. The van der Waals surface area contributed by atoms with E-state index in [1.165, 1.54) is 48.0 Å². The summed E-state index contributed by atoms with van der Waals surface area (Å²) in [5, 5.41) is 3.80. The van der Waals surface area contributed by atoms with Gasteiger partial charge in [0.05, 0.1) is 0 Å². The standard InChI is InChI=1S/C16H23IN2/c1-16(14-5-6-14)12-19(10-2-9-18-16)11-13-3-7-15(17)8-4-13/h3-4,7-8,14,18H,2,5-6,9-12H2,1H3. The third-order valence-corrected chi connectivity index (χ3v) is 5.25. The zero-order valence-corrected chi connectivity index (χ0v) is 13.8. The van der Waals surface area contributed by atoms with Crippen molar-refractivity contribution in [2.45, 2.75) is 38.3 Å². The van der Waals surface area contributed by atoms with E-state index in [0.717, 1.165) is 12.5 Å². The van der Waals surface area contributed by atoms with Gasteiger partial charge in [0.2, 0.25) is 0 Å². The first-order chi connectivity index (χ1) is 9.16. The molecule has 0 bridgehead atoms. The van der Waals surface area contributed by atoms with Gasteiger partial charge >= 0.3 is 0 Å². The molecular weight excluding hydrogens is 347 g/mol. The molecule has 2 nitrogen and oxygen atoms in total. The van der Waals surface area contributed by atoms with Crippen LogP contribution in [0.3, 0.4) is 0 Å². The van der Waals surface area contributed by atoms with E-state index >= 15 is 0 Å². The highest BCUT2D eigenvalue weighted by molar-refractivity contribution is 14.1. The molecule has 1 aliphatic carbocycles. The Hall–Kier alpha value is -0.130. The van der Waals surface area contributed by atoms with Gasteiger partial charge in [-0.3, -0.25) is 4.90 Å². The molecule has 0 amide bonds. The molecule has 2 aliphatic rings. The topological polar surface area (TPSA) is 15.3 Å². The van der Waals surface area contributed by atoms with E-state index in [1.807, 2.05) is 0 Å². The van der Waals surface area contributed by atoms with Crippen molar-refractivity contribution in [2.75, 3.05) is 19.6 Å². The minimum Gasteiger partial charge on any atom is -0.310 e. The van der Waals surface area contributed by atoms with Crippen molar-refractivity contribution >= 4 is 22.6 Å². The summed E-state index contributed by atoms with van der Waals surface area (Å²) < 4.78 is 1.32. The second-order valence-corrected chi connectivity index (χ2v) is 7.55. The van der Waals surface area contributed by atoms with E-state index < -0.39 is 0 Å². The van der Waals surface area contributed by atoms with Gasteiger partial charge < -0.3 is 5.32 Å². The Morgan fingerprint density at radius 2 is 2.05 bits per heavy atom. The number of hydrogen-bond donors (Lipinski definition) is 1. The molecule has 1 unspecified atom stereocenters. The lowest BCUT2D eigenvalue weighted by Gasteiger charge is -2.34. The van der Waals surface area contributed by atoms with E-state index in [2.05, 4.69) is 64.0 Å². The van der Waals surface area contributed by atoms with Gasteiger partial charge in [-0.05, 0) is 85.5 Å². The van der Waals surface area contributed by atoms with Crippen LogP contribution < -0.4 is 5.32 Å². The second kappa shape index (κ2) is 5.70. The van der Waals surface area contributed by atoms with Gasteiger partial charge in [-0.1, -0.05) is 12.1 Å². The first kappa shape index (κ1) is 13.8. The number of halogens is 1. The van der Waals surface area contributed by atoms with Crippen LogP contribution in [-0.4, -0.2) is 30.1 Å². The summed E-state index contributed by atoms with van der Waals surface area (Å²) in [4.78, 5) is 2.64. The van der Waals surface area contributed by atoms with Crippen LogP contribution in [0.1, 0.15) is 31.7 Å². The molecule has 0 radical (unpaired) electrons. The number of benzene rings is 1. The van der Waals surface area contributed by atoms with Gasteiger partial charge in [0.1, 0.15) is 0 Å². The Bertz CT molecular complexity index is 427. The van der Waals surface area contributed by atoms with Gasteiger partial charge in [0.15, 0.2) is 0 Å². The maximum Gasteiger partial charge on any atom is 0.0308 e. The molecule has 1 atom stereocenters. The van der Waals surface area contributed by atoms with Crippen LogP contribution in [0.4, 0.5) is 0 Å². The first-order valence-corrected chi connectivity index (χ1v) is 8.45. The largest absolute Gasteiger partial charge is 0.310 e. The van der Waals surface area contributed by atoms with Crippen molar-refractivity contribution in [3.8, 4) is 0 Å². The zero-order valence-electron chi connectivity index (χ0n) is 11.7. The van der Waals surface area contributed by atoms with Crippen molar-refractivity contribution in [3.05, 3.63) is 33.4 Å². The fourth-order valence-corrected chi connectivity index (χ4v) is 3.61. The molecule has 1 aromatic rings. The molecule has 2 fully saturated rings. The third-order valence-electron chi connectivity index (χ3n) is 4.53. The Kier molecular flexibility index (Phi) is 4.15. The fourth-order valence-electron chi connectivity index (χ4n) is 3.25. The fraction of sp³-hybridized carbons (Fsp3) is 0.625. The first-order valence-electron chi connectivity index (χ1n) is 7.37. The molecule has 1 aromatic carbocycles. The predicted octanol–water partition coefficient (Wildman–Crippen LogP) is 3.26. The highest BCUT2D eigenvalue weighted by Crippen LogP contribution is 2.40. The summed E-state index contributed by atoms with van der Waals surface area (Å²) in [7, 11) is 0. The van der Waals surface area contributed by atoms with Gasteiger partial charge in [-0.2, -0.15) is 0 Å². The van der Waals surface area contributed by atoms with Crippen molar-refractivity contribution in [1.29, 1.82) is 0 Å². The predicted molar refractivity (Wildman–Crippen MR) is 88.2 cm³/mol. The average molecular weight is 370 g/mol. The summed E-state index contributed by atoms with van der Waals surface area (Å²) >= 11 is 2.37. The lowest BCUT2D eigenvalue weighted by Crippen LogP contribution is -2.50. The molecule has 104 valence electrons. The summed E-state index contributed by atoms with van der Waals surface area (Å²) in [5.74, 6) is 0.907. The van der Waals surface area contributed by atoms with E-state index in [9.17, 15) is 0 Å². The number of hydrogen-bond acceptors (Lipinski definition) is 2. The summed E-state index contributed by atoms with van der Waals surface area (Å²) in [6.45, 7) is 7.12. The maximum atomic E-state index is 3.80. The van der Waals surface area contributed by atoms with Gasteiger partial charge in [-0.15, -0.1) is 0 Å². The van der Waals surface area contributed by atoms with Crippen LogP contribution >= 0.6 is 22.6 Å². The summed E-state index contributed by atoms with van der Waals surface area (Å²) in [6, 6.07) is 8.97. The highest BCUT2D eigenvalue weighted by atomic mass is 127. The SMILES string of the molecule is CC1(C2CC2)CN(Cc2ccc(I)cc2)CCCN1. The quantitative estimate of drug-likeness (QED) is 0.822. The van der Waals surface area contributed by atoms with E-state index in [4.69, 9.17) is 0 Å². The van der Waals surface area contributed by atoms with Gasteiger partial charge in [0, 0.05) is 22.2 Å². The molecule has 19 heavy (non-hydrogen) atoms. The maximum absolute atomic E-state index is 3.80. The Morgan fingerprint density at radius 3 is 2.74 bits per heavy atom. The number of nitrogens with one attached hydrogen (secondary N) is 1. The molecule has 0 aromatic heterocycles. The van der Waals surface area contributed by atoms with Crippen LogP contribution in [0, 0.1) is 9.49 Å². The van der Waals surface area contributed by atoms with Crippen LogP contribution in [0.5, 0.6) is 0 Å². The molecular formula is C16H23IN2. The molecule has 1 N–H and O–H groups in total. The van der Waals surface area contributed by atoms with Crippen molar-refractivity contribution in [1.82, 2.24) is 10.2 Å². The number of rotatable bonds is 3. The molecule has 1 aliphatic heterocycles. The van der Waals surface area contributed by atoms with Crippen molar-refractivity contribution in [2.24, 2.45) is 5.92 Å². The minimum atomic E-state index is 0.347. The number of nitrogens with zero attached hydrogens (tertiary/aromatic N) is 1. The Labute approximate surface area is 130 Å². The van der Waals surface area contributed by atoms with Crippen LogP contribution in [0.25, 0.3) is 0 Å². The van der Waals surface area contributed by atoms with Crippen LogP contribution in [-0.2, 0) is 6.54 Å². The monoisotopic (exact) mass is 370 g/mol. The molecule has 1 saturated heterocycles. The average Bonchev–Trinajstić information content (AvgIpc) is 3.20. The lowest BCUT2D eigenvalue weighted by molar-refractivity contribution is 0.195. The third kappa shape index (κ3) is 3.50. The zero-order chi connectivity index (χ0) is 13.3. The van der Waals surface area contributed by atoms with Crippen molar-refractivity contribution < 1.29 is 0 Å². The normalized spacial score (nSPS) is 29.2. The Morgan fingerprint density at radius 1 is 1.32 bits per heavy atom. The van der Waals surface area contributed by atoms with Crippen LogP contribution in [0.15, 0.2) is 24.3 Å². The molecule has 1 saturated carbocycles. The summed E-state index contributed by atoms with van der Waals surface area (Å²) in [5.41, 5.74) is 1.79. The Balaban J connectivity index is 1.67. The van der Waals surface area contributed by atoms with E-state index in [0.29, 0.717) is 5.54 Å². The lowest BCUT2D eigenvalue weighted by atomic mass is 9.95. The van der Waals surface area contributed by atoms with E-state index in [-0.39, 0.29) is 0 Å². The molecule has 3 heteroatoms. The smallest absolute Gasteiger partial charge is 0.0308 e. The summed E-state index contributed by atoms with van der Waals surface area (Å²) in [6.07, 6.45) is 4.11. The van der Waals surface area contributed by atoms with E-state index in [1.54, 1.807) is 0 Å².